The molecule has 0 atom stereocenters. The van der Waals surface area contributed by atoms with Gasteiger partial charge in [0.1, 0.15) is 5.75 Å². The summed E-state index contributed by atoms with van der Waals surface area (Å²) >= 11 is 0. The van der Waals surface area contributed by atoms with E-state index in [2.05, 4.69) is 23.7 Å². The van der Waals surface area contributed by atoms with E-state index >= 15 is 0 Å². The zero-order chi connectivity index (χ0) is 9.80. The molecule has 1 N–H and O–H groups in total. The summed E-state index contributed by atoms with van der Waals surface area (Å²) in [7, 11) is 1.68. The van der Waals surface area contributed by atoms with Gasteiger partial charge in [-0.1, -0.05) is 18.2 Å². The zero-order valence-corrected chi connectivity index (χ0v) is 8.08. The smallest absolute Gasteiger partial charge is 0.119 e. The van der Waals surface area contributed by atoms with Gasteiger partial charge in [0.2, 0.25) is 0 Å². The van der Waals surface area contributed by atoms with Crippen LogP contribution in [0, 0.1) is 6.20 Å². The van der Waals surface area contributed by atoms with Crippen LogP contribution in [0.1, 0.15) is 5.56 Å². The number of hydrogen-bond acceptors (Lipinski definition) is 2. The first-order valence-electron chi connectivity index (χ1n) is 4.55. The summed E-state index contributed by atoms with van der Waals surface area (Å²) in [5.74, 6) is 0.891. The molecule has 0 spiro atoms. The lowest BCUT2D eigenvalue weighted by Gasteiger charge is -2.11. The van der Waals surface area contributed by atoms with Crippen LogP contribution in [0.25, 0.3) is 5.57 Å². The molecule has 14 heavy (non-hydrogen) atoms. The van der Waals surface area contributed by atoms with Crippen molar-refractivity contribution < 1.29 is 4.74 Å². The highest BCUT2D eigenvalue weighted by Crippen LogP contribution is 2.20. The average molecular weight is 186 g/mol. The van der Waals surface area contributed by atoms with Crippen molar-refractivity contribution in [2.75, 3.05) is 13.7 Å². The molecule has 0 aromatic heterocycles. The largest absolute Gasteiger partial charge is 0.497 e. The van der Waals surface area contributed by atoms with Crippen molar-refractivity contribution in [1.29, 1.82) is 0 Å². The lowest BCUT2D eigenvalue weighted by molar-refractivity contribution is 0.414. The van der Waals surface area contributed by atoms with Crippen molar-refractivity contribution in [3.8, 4) is 5.75 Å². The van der Waals surface area contributed by atoms with Gasteiger partial charge in [-0.15, -0.1) is 0 Å². The molecule has 0 saturated carbocycles. The average Bonchev–Trinajstić information content (AvgIpc) is 2.30. The normalized spacial score (nSPS) is 14.5. The lowest BCUT2D eigenvalue weighted by Crippen LogP contribution is -2.12. The van der Waals surface area contributed by atoms with E-state index in [0.717, 1.165) is 12.3 Å². The second-order valence-electron chi connectivity index (χ2n) is 3.09. The van der Waals surface area contributed by atoms with Crippen LogP contribution in [0.5, 0.6) is 5.75 Å². The summed E-state index contributed by atoms with van der Waals surface area (Å²) in [6, 6.07) is 8.06. The first kappa shape index (κ1) is 8.88. The number of dihydropyridines is 1. The predicted molar refractivity (Wildman–Crippen MR) is 56.8 cm³/mol. The van der Waals surface area contributed by atoms with E-state index in [9.17, 15) is 0 Å². The van der Waals surface area contributed by atoms with Gasteiger partial charge in [0.25, 0.3) is 0 Å². The lowest BCUT2D eigenvalue weighted by atomic mass is 10.0. The molecule has 0 fully saturated rings. The second kappa shape index (κ2) is 4.01. The highest BCUT2D eigenvalue weighted by Gasteiger charge is 2.03. The van der Waals surface area contributed by atoms with Gasteiger partial charge in [-0.3, -0.25) is 0 Å². The number of ether oxygens (including phenoxy) is 1. The van der Waals surface area contributed by atoms with Crippen LogP contribution >= 0.6 is 0 Å². The minimum Gasteiger partial charge on any atom is -0.497 e. The fourth-order valence-corrected chi connectivity index (χ4v) is 1.43. The number of rotatable bonds is 2. The topological polar surface area (TPSA) is 21.3 Å². The fourth-order valence-electron chi connectivity index (χ4n) is 1.43. The Hall–Kier alpha value is -1.70. The van der Waals surface area contributed by atoms with Crippen molar-refractivity contribution in [3.63, 3.8) is 0 Å². The number of nitrogens with one attached hydrogen (secondary N) is 1. The molecule has 0 bridgehead atoms. The van der Waals surface area contributed by atoms with E-state index < -0.39 is 0 Å². The Bertz CT molecular complexity index is 380. The predicted octanol–water partition coefficient (Wildman–Crippen LogP) is 2.00. The van der Waals surface area contributed by atoms with Gasteiger partial charge in [0.05, 0.1) is 13.3 Å². The monoisotopic (exact) mass is 186 g/mol. The Balaban J connectivity index is 2.31. The second-order valence-corrected chi connectivity index (χ2v) is 3.09. The third-order valence-corrected chi connectivity index (χ3v) is 2.19. The molecule has 1 aliphatic rings. The molecule has 1 radical (unpaired) electrons. The Morgan fingerprint density at radius 3 is 3.07 bits per heavy atom. The molecule has 1 heterocycles. The number of hydrogen-bond donors (Lipinski definition) is 1. The third kappa shape index (κ3) is 1.79. The SMILES string of the molecule is COc1cccc(C2=CC=[C]NC2)c1. The molecule has 0 aliphatic carbocycles. The van der Waals surface area contributed by atoms with Crippen LogP contribution in [0.3, 0.4) is 0 Å². The van der Waals surface area contributed by atoms with Gasteiger partial charge in [0.15, 0.2) is 0 Å². The van der Waals surface area contributed by atoms with Crippen LogP contribution in [0.2, 0.25) is 0 Å². The number of methoxy groups -OCH3 is 1. The summed E-state index contributed by atoms with van der Waals surface area (Å²) in [6.45, 7) is 0.823. The van der Waals surface area contributed by atoms with E-state index in [4.69, 9.17) is 4.74 Å². The summed E-state index contributed by atoms with van der Waals surface area (Å²) in [5.41, 5.74) is 2.44. The molecule has 2 rings (SSSR count). The van der Waals surface area contributed by atoms with Crippen molar-refractivity contribution >= 4 is 5.57 Å². The van der Waals surface area contributed by atoms with Gasteiger partial charge < -0.3 is 10.1 Å². The van der Waals surface area contributed by atoms with Crippen molar-refractivity contribution in [1.82, 2.24) is 5.32 Å². The van der Waals surface area contributed by atoms with Crippen molar-refractivity contribution in [2.45, 2.75) is 0 Å². The highest BCUT2D eigenvalue weighted by molar-refractivity contribution is 5.70. The van der Waals surface area contributed by atoms with Gasteiger partial charge >= 0.3 is 0 Å². The van der Waals surface area contributed by atoms with E-state index in [-0.39, 0.29) is 0 Å². The van der Waals surface area contributed by atoms with Crippen molar-refractivity contribution in [3.05, 3.63) is 48.2 Å². The Morgan fingerprint density at radius 1 is 1.43 bits per heavy atom. The Labute approximate surface area is 83.9 Å². The molecular formula is C12H12NO. The van der Waals surface area contributed by atoms with Gasteiger partial charge in [-0.2, -0.15) is 0 Å². The van der Waals surface area contributed by atoms with E-state index in [1.54, 1.807) is 7.11 Å². The standard InChI is InChI=1S/C12H12NO/c1-14-12-6-2-4-10(8-12)11-5-3-7-13-9-11/h2-6,8,13H,9H2,1H3. The van der Waals surface area contributed by atoms with Gasteiger partial charge in [-0.25, -0.2) is 0 Å². The highest BCUT2D eigenvalue weighted by atomic mass is 16.5. The fraction of sp³-hybridized carbons (Fsp3) is 0.167. The van der Waals surface area contributed by atoms with Crippen molar-refractivity contribution in [2.24, 2.45) is 0 Å². The minimum absolute atomic E-state index is 0.823. The van der Waals surface area contributed by atoms with Gasteiger partial charge in [-0.05, 0) is 29.3 Å². The minimum atomic E-state index is 0.823. The quantitative estimate of drug-likeness (QED) is 0.762. The summed E-state index contributed by atoms with van der Waals surface area (Å²) < 4.78 is 5.17. The molecule has 0 amide bonds. The molecule has 0 saturated heterocycles. The van der Waals surface area contributed by atoms with E-state index in [1.807, 2.05) is 24.3 Å². The van der Waals surface area contributed by atoms with Crippen LogP contribution < -0.4 is 10.1 Å². The van der Waals surface area contributed by atoms with E-state index in [1.165, 1.54) is 11.1 Å². The maximum Gasteiger partial charge on any atom is 0.119 e. The first-order valence-corrected chi connectivity index (χ1v) is 4.55. The molecule has 1 aromatic carbocycles. The van der Waals surface area contributed by atoms with Crippen LogP contribution in [0.4, 0.5) is 0 Å². The molecule has 2 nitrogen and oxygen atoms in total. The maximum absolute atomic E-state index is 5.17. The van der Waals surface area contributed by atoms with Crippen LogP contribution in [0.15, 0.2) is 36.4 Å². The van der Waals surface area contributed by atoms with E-state index in [0.29, 0.717) is 0 Å². The van der Waals surface area contributed by atoms with Crippen LogP contribution in [-0.2, 0) is 0 Å². The summed E-state index contributed by atoms with van der Waals surface area (Å²) in [5, 5.41) is 3.06. The number of benzene rings is 1. The van der Waals surface area contributed by atoms with Gasteiger partial charge in [0, 0.05) is 6.54 Å². The molecule has 0 unspecified atom stereocenters. The summed E-state index contributed by atoms with van der Waals surface area (Å²) in [4.78, 5) is 0. The summed E-state index contributed by atoms with van der Waals surface area (Å²) in [6.07, 6.45) is 6.88. The van der Waals surface area contributed by atoms with Crippen LogP contribution in [-0.4, -0.2) is 13.7 Å². The molecule has 71 valence electrons. The first-order chi connectivity index (χ1) is 6.90. The molecule has 1 aliphatic heterocycles. The Kier molecular flexibility index (Phi) is 2.54. The molecule has 2 heteroatoms. The number of allylic oxidation sites excluding steroid dienone is 2. The maximum atomic E-state index is 5.17. The third-order valence-electron chi connectivity index (χ3n) is 2.19. The molecular weight excluding hydrogens is 174 g/mol. The Morgan fingerprint density at radius 2 is 2.36 bits per heavy atom. The molecule has 1 aromatic rings. The zero-order valence-electron chi connectivity index (χ0n) is 8.08.